The van der Waals surface area contributed by atoms with Crippen molar-refractivity contribution in [1.82, 2.24) is 4.90 Å². The molecule has 0 radical (unpaired) electrons. The summed E-state index contributed by atoms with van der Waals surface area (Å²) >= 11 is 0. The standard InChI is InChI=1S/C19H37NO3/c1-10-11-12-19(9,22)18(7,8)16(6)13-23-17(21)20(14(2)3)15(4)5/h13-15,22H,10-12H2,1-9H3/b16-13-. The number of unbranched alkanes of at least 4 members (excludes halogenated alkanes) is 1. The number of carbonyl (C=O) groups excluding carboxylic acids is 1. The third-order valence-electron chi connectivity index (χ3n) is 5.01. The Bertz CT molecular complexity index is 401. The van der Waals surface area contributed by atoms with Crippen LogP contribution in [0.2, 0.25) is 0 Å². The molecule has 0 aliphatic carbocycles. The van der Waals surface area contributed by atoms with Crippen molar-refractivity contribution in [1.29, 1.82) is 0 Å². The largest absolute Gasteiger partial charge is 0.418 e. The first-order valence-corrected chi connectivity index (χ1v) is 8.77. The fourth-order valence-electron chi connectivity index (χ4n) is 2.62. The van der Waals surface area contributed by atoms with Gasteiger partial charge in [-0.2, -0.15) is 0 Å². The topological polar surface area (TPSA) is 49.8 Å². The highest BCUT2D eigenvalue weighted by Gasteiger charge is 2.40. The molecule has 0 aliphatic rings. The SMILES string of the molecule is CCCCC(C)(O)C(C)(C)/C(C)=C\OC(=O)N(C(C)C)C(C)C. The Morgan fingerprint density at radius 2 is 1.65 bits per heavy atom. The van der Waals surface area contributed by atoms with E-state index in [2.05, 4.69) is 6.92 Å². The number of hydrogen-bond acceptors (Lipinski definition) is 3. The van der Waals surface area contributed by atoms with Crippen LogP contribution < -0.4 is 0 Å². The molecule has 23 heavy (non-hydrogen) atoms. The average molecular weight is 328 g/mol. The van der Waals surface area contributed by atoms with E-state index in [1.54, 1.807) is 4.90 Å². The van der Waals surface area contributed by atoms with Gasteiger partial charge in [-0.1, -0.05) is 33.6 Å². The first kappa shape index (κ1) is 22.0. The highest BCUT2D eigenvalue weighted by Crippen LogP contribution is 2.40. The van der Waals surface area contributed by atoms with E-state index in [4.69, 9.17) is 4.74 Å². The Labute approximate surface area is 142 Å². The second kappa shape index (κ2) is 8.72. The molecule has 4 nitrogen and oxygen atoms in total. The van der Waals surface area contributed by atoms with Gasteiger partial charge in [-0.15, -0.1) is 0 Å². The summed E-state index contributed by atoms with van der Waals surface area (Å²) in [5, 5.41) is 10.8. The van der Waals surface area contributed by atoms with Crippen LogP contribution in [0.4, 0.5) is 4.79 Å². The van der Waals surface area contributed by atoms with Gasteiger partial charge >= 0.3 is 6.09 Å². The quantitative estimate of drug-likeness (QED) is 0.630. The zero-order chi connectivity index (χ0) is 18.4. The van der Waals surface area contributed by atoms with Crippen molar-refractivity contribution in [3.05, 3.63) is 11.8 Å². The first-order valence-electron chi connectivity index (χ1n) is 8.77. The third-order valence-corrected chi connectivity index (χ3v) is 5.01. The van der Waals surface area contributed by atoms with Gasteiger partial charge in [0, 0.05) is 17.5 Å². The zero-order valence-corrected chi connectivity index (χ0v) is 16.6. The van der Waals surface area contributed by atoms with Gasteiger partial charge in [-0.25, -0.2) is 4.79 Å². The second-order valence-electron chi connectivity index (χ2n) is 7.78. The number of ether oxygens (including phenoxy) is 1. The van der Waals surface area contributed by atoms with Crippen LogP contribution in [0.5, 0.6) is 0 Å². The van der Waals surface area contributed by atoms with Gasteiger partial charge in [0.1, 0.15) is 0 Å². The van der Waals surface area contributed by atoms with E-state index in [0.29, 0.717) is 0 Å². The molecule has 0 aromatic heterocycles. The van der Waals surface area contributed by atoms with E-state index in [-0.39, 0.29) is 18.2 Å². The molecule has 1 atom stereocenters. The first-order chi connectivity index (χ1) is 10.4. The molecule has 0 spiro atoms. The van der Waals surface area contributed by atoms with Gasteiger partial charge in [0.25, 0.3) is 0 Å². The van der Waals surface area contributed by atoms with Crippen LogP contribution in [0.25, 0.3) is 0 Å². The van der Waals surface area contributed by atoms with E-state index < -0.39 is 11.0 Å². The number of aliphatic hydroxyl groups is 1. The summed E-state index contributed by atoms with van der Waals surface area (Å²) in [5.74, 6) is 0. The molecular weight excluding hydrogens is 290 g/mol. The van der Waals surface area contributed by atoms with Crippen molar-refractivity contribution < 1.29 is 14.6 Å². The Morgan fingerprint density at radius 1 is 1.17 bits per heavy atom. The Kier molecular flexibility index (Phi) is 8.33. The van der Waals surface area contributed by atoms with Crippen LogP contribution in [0.1, 0.15) is 81.6 Å². The van der Waals surface area contributed by atoms with Crippen LogP contribution in [0.3, 0.4) is 0 Å². The Balaban J connectivity index is 5.10. The van der Waals surface area contributed by atoms with Crippen molar-refractivity contribution in [2.45, 2.75) is 99.3 Å². The smallest absolute Gasteiger partial charge is 0.415 e. The highest BCUT2D eigenvalue weighted by atomic mass is 16.5. The number of carbonyl (C=O) groups is 1. The minimum Gasteiger partial charge on any atom is -0.418 e. The summed E-state index contributed by atoms with van der Waals surface area (Å²) in [6.07, 6.45) is 3.89. The molecular formula is C19H37NO3. The summed E-state index contributed by atoms with van der Waals surface area (Å²) in [6, 6.07) is 0.161. The summed E-state index contributed by atoms with van der Waals surface area (Å²) in [6.45, 7) is 17.7. The lowest BCUT2D eigenvalue weighted by Gasteiger charge is -2.41. The Hall–Kier alpha value is -1.03. The number of rotatable bonds is 8. The molecule has 1 N–H and O–H groups in total. The number of amides is 1. The maximum Gasteiger partial charge on any atom is 0.415 e. The fourth-order valence-corrected chi connectivity index (χ4v) is 2.62. The van der Waals surface area contributed by atoms with E-state index >= 15 is 0 Å². The molecule has 0 fully saturated rings. The molecule has 1 amide bonds. The van der Waals surface area contributed by atoms with Gasteiger partial charge in [0.15, 0.2) is 0 Å². The lowest BCUT2D eigenvalue weighted by Crippen LogP contribution is -2.43. The Morgan fingerprint density at radius 3 is 2.04 bits per heavy atom. The van der Waals surface area contributed by atoms with Crippen LogP contribution in [-0.2, 0) is 4.74 Å². The summed E-state index contributed by atoms with van der Waals surface area (Å²) in [5.41, 5.74) is -0.450. The molecule has 0 bridgehead atoms. The molecule has 1 unspecified atom stereocenters. The molecule has 0 aliphatic heterocycles. The van der Waals surface area contributed by atoms with Crippen molar-refractivity contribution >= 4 is 6.09 Å². The monoisotopic (exact) mass is 327 g/mol. The van der Waals surface area contributed by atoms with Gasteiger partial charge in [0.2, 0.25) is 0 Å². The van der Waals surface area contributed by atoms with Crippen molar-refractivity contribution in [2.75, 3.05) is 0 Å². The van der Waals surface area contributed by atoms with Crippen molar-refractivity contribution in [2.24, 2.45) is 5.41 Å². The zero-order valence-electron chi connectivity index (χ0n) is 16.6. The fraction of sp³-hybridized carbons (Fsp3) is 0.842. The predicted molar refractivity (Wildman–Crippen MR) is 96.3 cm³/mol. The molecule has 0 rings (SSSR count). The number of hydrogen-bond donors (Lipinski definition) is 1. The minimum absolute atomic E-state index is 0.0804. The van der Waals surface area contributed by atoms with Crippen LogP contribution in [0.15, 0.2) is 11.8 Å². The summed E-state index contributed by atoms with van der Waals surface area (Å²) in [4.78, 5) is 14.0. The van der Waals surface area contributed by atoms with Gasteiger partial charge in [0.05, 0.1) is 11.9 Å². The molecule has 0 saturated heterocycles. The maximum atomic E-state index is 12.3. The predicted octanol–water partition coefficient (Wildman–Crippen LogP) is 5.11. The van der Waals surface area contributed by atoms with Gasteiger partial charge < -0.3 is 14.7 Å². The van der Waals surface area contributed by atoms with E-state index in [9.17, 15) is 9.90 Å². The maximum absolute atomic E-state index is 12.3. The summed E-state index contributed by atoms with van der Waals surface area (Å²) in [7, 11) is 0. The van der Waals surface area contributed by atoms with E-state index in [1.807, 2.05) is 55.4 Å². The lowest BCUT2D eigenvalue weighted by molar-refractivity contribution is -0.0410. The third kappa shape index (κ3) is 5.83. The van der Waals surface area contributed by atoms with Crippen LogP contribution >= 0.6 is 0 Å². The van der Waals surface area contributed by atoms with Crippen molar-refractivity contribution in [3.63, 3.8) is 0 Å². The van der Waals surface area contributed by atoms with Gasteiger partial charge in [-0.3, -0.25) is 0 Å². The molecule has 0 aromatic rings. The second-order valence-corrected chi connectivity index (χ2v) is 7.78. The highest BCUT2D eigenvalue weighted by molar-refractivity contribution is 5.69. The van der Waals surface area contributed by atoms with E-state index in [1.165, 1.54) is 6.26 Å². The molecule has 0 saturated carbocycles. The van der Waals surface area contributed by atoms with E-state index in [0.717, 1.165) is 24.8 Å². The van der Waals surface area contributed by atoms with Crippen LogP contribution in [0, 0.1) is 5.41 Å². The normalized spacial score (nSPS) is 15.7. The number of nitrogens with zero attached hydrogens (tertiary/aromatic N) is 1. The molecule has 0 aromatic carbocycles. The molecule has 0 heterocycles. The average Bonchev–Trinajstić information content (AvgIpc) is 2.41. The van der Waals surface area contributed by atoms with Crippen molar-refractivity contribution in [3.8, 4) is 0 Å². The van der Waals surface area contributed by atoms with Gasteiger partial charge in [-0.05, 0) is 53.5 Å². The van der Waals surface area contributed by atoms with Crippen LogP contribution in [-0.4, -0.2) is 33.8 Å². The molecule has 136 valence electrons. The molecule has 4 heteroatoms. The summed E-state index contributed by atoms with van der Waals surface area (Å²) < 4.78 is 5.39. The lowest BCUT2D eigenvalue weighted by atomic mass is 9.69. The minimum atomic E-state index is -0.841.